The number of para-hydroxylation sites is 1. The van der Waals surface area contributed by atoms with Gasteiger partial charge in [0.25, 0.3) is 0 Å². The Kier molecular flexibility index (Phi) is 6.24. The van der Waals surface area contributed by atoms with E-state index in [9.17, 15) is 5.26 Å². The monoisotopic (exact) mass is 376 g/mol. The molecule has 0 radical (unpaired) electrons. The zero-order valence-corrected chi connectivity index (χ0v) is 16.1. The quantitative estimate of drug-likeness (QED) is 0.498. The minimum Gasteiger partial charge on any atom is -0.493 e. The number of methoxy groups -OCH3 is 1. The number of aromatic nitrogens is 1. The lowest BCUT2D eigenvalue weighted by molar-refractivity contribution is 0.293. The topological polar surface area (TPSA) is 55.1 Å². The normalized spacial score (nSPS) is 11.1. The van der Waals surface area contributed by atoms with Crippen LogP contribution in [0.5, 0.6) is 11.5 Å². The number of allylic oxidation sites excluding steroid dienone is 1. The Morgan fingerprint density at radius 3 is 2.70 bits per heavy atom. The van der Waals surface area contributed by atoms with Crippen molar-refractivity contribution in [3.63, 3.8) is 0 Å². The van der Waals surface area contributed by atoms with Gasteiger partial charge < -0.3 is 9.47 Å². The first-order valence-electron chi connectivity index (χ1n) is 8.69. The van der Waals surface area contributed by atoms with Gasteiger partial charge in [0.05, 0.1) is 25.0 Å². The first-order valence-corrected chi connectivity index (χ1v) is 9.57. The molecular formula is C22H20N2O2S. The number of rotatable bonds is 7. The predicted molar refractivity (Wildman–Crippen MR) is 110 cm³/mol. The maximum atomic E-state index is 9.69. The van der Waals surface area contributed by atoms with E-state index in [2.05, 4.69) is 11.1 Å². The second-order valence-electron chi connectivity index (χ2n) is 5.80. The summed E-state index contributed by atoms with van der Waals surface area (Å²) in [5.74, 6) is 1.30. The van der Waals surface area contributed by atoms with Crippen molar-refractivity contribution in [3.8, 4) is 28.8 Å². The van der Waals surface area contributed by atoms with Crippen LogP contribution in [0, 0.1) is 11.3 Å². The van der Waals surface area contributed by atoms with E-state index in [1.807, 2.05) is 60.8 Å². The molecule has 0 aliphatic rings. The van der Waals surface area contributed by atoms with E-state index in [1.165, 1.54) is 11.3 Å². The van der Waals surface area contributed by atoms with Gasteiger partial charge in [-0.25, -0.2) is 4.98 Å². The molecule has 27 heavy (non-hydrogen) atoms. The van der Waals surface area contributed by atoms with Crippen LogP contribution in [0.2, 0.25) is 0 Å². The highest BCUT2D eigenvalue weighted by Crippen LogP contribution is 2.34. The maximum absolute atomic E-state index is 9.69. The molecule has 2 aromatic carbocycles. The van der Waals surface area contributed by atoms with E-state index in [1.54, 1.807) is 13.2 Å². The molecule has 0 spiro atoms. The van der Waals surface area contributed by atoms with Gasteiger partial charge in [-0.1, -0.05) is 49.4 Å². The van der Waals surface area contributed by atoms with Gasteiger partial charge in [-0.05, 0) is 18.6 Å². The molecule has 0 fully saturated rings. The van der Waals surface area contributed by atoms with Crippen molar-refractivity contribution in [2.75, 3.05) is 13.7 Å². The van der Waals surface area contributed by atoms with Gasteiger partial charge in [-0.2, -0.15) is 5.26 Å². The fourth-order valence-corrected chi connectivity index (χ4v) is 3.40. The molecule has 0 aliphatic carbocycles. The maximum Gasteiger partial charge on any atom is 0.168 e. The van der Waals surface area contributed by atoms with Crippen molar-refractivity contribution in [3.05, 3.63) is 64.5 Å². The summed E-state index contributed by atoms with van der Waals surface area (Å²) >= 11 is 1.46. The number of thiazole rings is 1. The molecule has 1 heterocycles. The minimum absolute atomic E-state index is 0.497. The molecule has 136 valence electrons. The standard InChI is InChI=1S/C22H20N2O2S/c1-3-12-26-21-17(10-7-11-20(21)25-2)13-18(14-23)22-24-19(15-27-22)16-8-5-4-6-9-16/h4-11,13,15H,3,12H2,1-2H3/b18-13-. The first kappa shape index (κ1) is 18.7. The van der Waals surface area contributed by atoms with Crippen LogP contribution in [0.1, 0.15) is 23.9 Å². The molecule has 0 unspecified atom stereocenters. The molecule has 5 heteroatoms. The third-order valence-electron chi connectivity index (χ3n) is 3.90. The molecule has 0 aliphatic heterocycles. The molecule has 0 bridgehead atoms. The molecule has 0 amide bonds. The summed E-state index contributed by atoms with van der Waals surface area (Å²) in [6.07, 6.45) is 2.69. The molecule has 1 aromatic heterocycles. The summed E-state index contributed by atoms with van der Waals surface area (Å²) in [5, 5.41) is 12.3. The van der Waals surface area contributed by atoms with E-state index >= 15 is 0 Å². The first-order chi connectivity index (χ1) is 13.3. The lowest BCUT2D eigenvalue weighted by Gasteiger charge is -2.12. The molecular weight excluding hydrogens is 356 g/mol. The van der Waals surface area contributed by atoms with Gasteiger partial charge in [0.2, 0.25) is 0 Å². The van der Waals surface area contributed by atoms with Gasteiger partial charge in [0.1, 0.15) is 11.1 Å². The fourth-order valence-electron chi connectivity index (χ4n) is 2.60. The highest BCUT2D eigenvalue weighted by molar-refractivity contribution is 7.11. The SMILES string of the molecule is CCCOc1c(/C=C(/C#N)c2nc(-c3ccccc3)cs2)cccc1OC. The third kappa shape index (κ3) is 4.36. The van der Waals surface area contributed by atoms with Crippen LogP contribution >= 0.6 is 11.3 Å². The molecule has 0 saturated carbocycles. The highest BCUT2D eigenvalue weighted by Gasteiger charge is 2.13. The summed E-state index contributed by atoms with van der Waals surface area (Å²) in [6.45, 7) is 2.63. The average Bonchev–Trinajstić information content (AvgIpc) is 3.21. The lowest BCUT2D eigenvalue weighted by Crippen LogP contribution is -1.99. The van der Waals surface area contributed by atoms with Crippen molar-refractivity contribution in [1.82, 2.24) is 4.98 Å². The van der Waals surface area contributed by atoms with Crippen LogP contribution < -0.4 is 9.47 Å². The molecule has 3 rings (SSSR count). The van der Waals surface area contributed by atoms with Gasteiger partial charge in [-0.3, -0.25) is 0 Å². The second kappa shape index (κ2) is 9.02. The number of nitrogens with zero attached hydrogens (tertiary/aromatic N) is 2. The molecule has 3 aromatic rings. The zero-order chi connectivity index (χ0) is 19.1. The van der Waals surface area contributed by atoms with E-state index in [-0.39, 0.29) is 0 Å². The van der Waals surface area contributed by atoms with Gasteiger partial charge in [0.15, 0.2) is 11.5 Å². The van der Waals surface area contributed by atoms with Crippen LogP contribution in [-0.2, 0) is 0 Å². The van der Waals surface area contributed by atoms with E-state index in [0.29, 0.717) is 28.7 Å². The van der Waals surface area contributed by atoms with Crippen molar-refractivity contribution in [2.24, 2.45) is 0 Å². The van der Waals surface area contributed by atoms with E-state index < -0.39 is 0 Å². The Hall–Kier alpha value is -3.10. The van der Waals surface area contributed by atoms with Gasteiger partial charge in [0, 0.05) is 16.5 Å². The molecule has 4 nitrogen and oxygen atoms in total. The van der Waals surface area contributed by atoms with Crippen LogP contribution in [0.4, 0.5) is 0 Å². The number of benzene rings is 2. The zero-order valence-electron chi connectivity index (χ0n) is 15.3. The Balaban J connectivity index is 1.98. The van der Waals surface area contributed by atoms with Crippen molar-refractivity contribution >= 4 is 23.0 Å². The van der Waals surface area contributed by atoms with Crippen molar-refractivity contribution in [1.29, 1.82) is 5.26 Å². The summed E-state index contributed by atoms with van der Waals surface area (Å²) in [7, 11) is 1.61. The number of hydrogen-bond donors (Lipinski definition) is 0. The Morgan fingerprint density at radius 1 is 1.19 bits per heavy atom. The predicted octanol–water partition coefficient (Wildman–Crippen LogP) is 5.67. The lowest BCUT2D eigenvalue weighted by atomic mass is 10.1. The Labute approximate surface area is 163 Å². The summed E-state index contributed by atoms with van der Waals surface area (Å²) < 4.78 is 11.3. The smallest absolute Gasteiger partial charge is 0.168 e. The van der Waals surface area contributed by atoms with Gasteiger partial charge in [-0.15, -0.1) is 11.3 Å². The van der Waals surface area contributed by atoms with Crippen molar-refractivity contribution in [2.45, 2.75) is 13.3 Å². The minimum atomic E-state index is 0.497. The van der Waals surface area contributed by atoms with Crippen LogP contribution in [0.3, 0.4) is 0 Å². The second-order valence-corrected chi connectivity index (χ2v) is 6.66. The summed E-state index contributed by atoms with van der Waals surface area (Å²) in [5.41, 5.74) is 3.20. The Bertz CT molecular complexity index is 971. The number of hydrogen-bond acceptors (Lipinski definition) is 5. The average molecular weight is 376 g/mol. The number of nitriles is 1. The number of ether oxygens (including phenoxy) is 2. The fraction of sp³-hybridized carbons (Fsp3) is 0.182. The van der Waals surface area contributed by atoms with Crippen LogP contribution in [0.25, 0.3) is 22.9 Å². The molecule has 0 N–H and O–H groups in total. The third-order valence-corrected chi connectivity index (χ3v) is 4.78. The molecule has 0 saturated heterocycles. The largest absolute Gasteiger partial charge is 0.493 e. The van der Waals surface area contributed by atoms with E-state index in [4.69, 9.17) is 9.47 Å². The van der Waals surface area contributed by atoms with Gasteiger partial charge >= 0.3 is 0 Å². The van der Waals surface area contributed by atoms with Crippen LogP contribution in [-0.4, -0.2) is 18.7 Å². The summed E-state index contributed by atoms with van der Waals surface area (Å²) in [6, 6.07) is 17.9. The molecule has 0 atom stereocenters. The van der Waals surface area contributed by atoms with E-state index in [0.717, 1.165) is 23.2 Å². The van der Waals surface area contributed by atoms with Crippen LogP contribution in [0.15, 0.2) is 53.9 Å². The highest BCUT2D eigenvalue weighted by atomic mass is 32.1. The Morgan fingerprint density at radius 2 is 2.00 bits per heavy atom. The van der Waals surface area contributed by atoms with Crippen molar-refractivity contribution < 1.29 is 9.47 Å². The summed E-state index contributed by atoms with van der Waals surface area (Å²) in [4.78, 5) is 4.64.